The molecule has 1 aromatic rings. The number of amides is 4. The zero-order chi connectivity index (χ0) is 20.2. The summed E-state index contributed by atoms with van der Waals surface area (Å²) in [5, 5.41) is 9.31. The second-order valence-electron chi connectivity index (χ2n) is 8.61. The van der Waals surface area contributed by atoms with Crippen molar-refractivity contribution in [2.24, 2.45) is 5.41 Å². The van der Waals surface area contributed by atoms with Gasteiger partial charge in [0.25, 0.3) is 11.8 Å². The molecule has 4 aliphatic rings. The lowest BCUT2D eigenvalue weighted by Gasteiger charge is -2.43. The van der Waals surface area contributed by atoms with Crippen LogP contribution in [0.5, 0.6) is 0 Å². The van der Waals surface area contributed by atoms with Crippen LogP contribution in [0.1, 0.15) is 58.4 Å². The van der Waals surface area contributed by atoms with Gasteiger partial charge in [-0.3, -0.25) is 29.4 Å². The van der Waals surface area contributed by atoms with E-state index in [1.807, 2.05) is 6.07 Å². The van der Waals surface area contributed by atoms with Crippen LogP contribution >= 0.6 is 0 Å². The summed E-state index contributed by atoms with van der Waals surface area (Å²) in [4.78, 5) is 50.2. The second kappa shape index (κ2) is 6.74. The molecule has 5 rings (SSSR count). The minimum atomic E-state index is -0.926. The molecule has 3 heterocycles. The largest absolute Gasteiger partial charge is 0.315 e. The third kappa shape index (κ3) is 2.89. The van der Waals surface area contributed by atoms with E-state index >= 15 is 0 Å². The molecule has 3 aliphatic heterocycles. The number of rotatable bonds is 4. The minimum Gasteiger partial charge on any atom is -0.315 e. The van der Waals surface area contributed by atoms with Crippen molar-refractivity contribution >= 4 is 23.6 Å². The number of imide groups is 2. The van der Waals surface area contributed by atoms with E-state index in [2.05, 4.69) is 16.0 Å². The lowest BCUT2D eigenvalue weighted by atomic mass is 9.66. The summed E-state index contributed by atoms with van der Waals surface area (Å²) < 4.78 is 0. The highest BCUT2D eigenvalue weighted by Gasteiger charge is 2.47. The molecule has 2 saturated heterocycles. The Kier molecular flexibility index (Phi) is 4.29. The molecule has 29 heavy (non-hydrogen) atoms. The zero-order valence-electron chi connectivity index (χ0n) is 16.1. The number of hydrogen-bond acceptors (Lipinski definition) is 6. The van der Waals surface area contributed by atoms with Gasteiger partial charge in [-0.1, -0.05) is 12.5 Å². The number of hydrogen-bond donors (Lipinski definition) is 3. The molecule has 8 heteroatoms. The fourth-order valence-corrected chi connectivity index (χ4v) is 5.12. The van der Waals surface area contributed by atoms with E-state index in [1.54, 1.807) is 12.1 Å². The maximum absolute atomic E-state index is 12.9. The first-order valence-corrected chi connectivity index (χ1v) is 10.3. The van der Waals surface area contributed by atoms with Gasteiger partial charge in [-0.2, -0.15) is 0 Å². The van der Waals surface area contributed by atoms with E-state index in [9.17, 15) is 19.2 Å². The van der Waals surface area contributed by atoms with Crippen LogP contribution in [0.25, 0.3) is 0 Å². The predicted octanol–water partition coefficient (Wildman–Crippen LogP) is 0.320. The van der Waals surface area contributed by atoms with Crippen molar-refractivity contribution in [1.29, 1.82) is 0 Å². The van der Waals surface area contributed by atoms with Crippen molar-refractivity contribution in [3.05, 3.63) is 34.9 Å². The van der Waals surface area contributed by atoms with Gasteiger partial charge < -0.3 is 10.6 Å². The van der Waals surface area contributed by atoms with Crippen LogP contribution < -0.4 is 16.0 Å². The van der Waals surface area contributed by atoms with Crippen LogP contribution in [0.2, 0.25) is 0 Å². The number of nitrogens with one attached hydrogen (secondary N) is 3. The van der Waals surface area contributed by atoms with Gasteiger partial charge in [0.1, 0.15) is 6.04 Å². The third-order valence-electron chi connectivity index (χ3n) is 6.97. The first-order valence-electron chi connectivity index (χ1n) is 10.3. The molecule has 1 saturated carbocycles. The molecule has 0 bridgehead atoms. The highest BCUT2D eigenvalue weighted by molar-refractivity contribution is 6.23. The third-order valence-corrected chi connectivity index (χ3v) is 6.97. The number of piperidine rings is 1. The Morgan fingerprint density at radius 1 is 1.10 bits per heavy atom. The molecular weight excluding hydrogens is 372 g/mol. The Balaban J connectivity index is 1.32. The summed E-state index contributed by atoms with van der Waals surface area (Å²) in [5.74, 6) is -1.88. The smallest absolute Gasteiger partial charge is 0.262 e. The Labute approximate surface area is 168 Å². The highest BCUT2D eigenvalue weighted by Crippen LogP contribution is 2.45. The van der Waals surface area contributed by atoms with Gasteiger partial charge in [0.05, 0.1) is 11.1 Å². The van der Waals surface area contributed by atoms with Gasteiger partial charge in [0.2, 0.25) is 11.8 Å². The van der Waals surface area contributed by atoms with Crippen molar-refractivity contribution in [2.45, 2.75) is 50.7 Å². The van der Waals surface area contributed by atoms with Crippen LogP contribution in [0, 0.1) is 5.41 Å². The molecule has 0 aromatic heterocycles. The number of carbonyl (C=O) groups excluding carboxylic acids is 4. The maximum Gasteiger partial charge on any atom is 0.262 e. The molecule has 1 aromatic carbocycles. The molecule has 3 N–H and O–H groups in total. The normalized spacial score (nSPS) is 27.9. The lowest BCUT2D eigenvalue weighted by molar-refractivity contribution is -0.136. The van der Waals surface area contributed by atoms with Gasteiger partial charge in [-0.15, -0.1) is 0 Å². The van der Waals surface area contributed by atoms with Crippen molar-refractivity contribution in [1.82, 2.24) is 20.9 Å². The van der Waals surface area contributed by atoms with Crippen LogP contribution in [-0.4, -0.2) is 53.7 Å². The fourth-order valence-electron chi connectivity index (χ4n) is 5.12. The zero-order valence-corrected chi connectivity index (χ0v) is 16.1. The highest BCUT2D eigenvalue weighted by atomic mass is 16.2. The van der Waals surface area contributed by atoms with Crippen LogP contribution in [0.3, 0.4) is 0 Å². The van der Waals surface area contributed by atoms with E-state index in [1.165, 1.54) is 19.3 Å². The van der Waals surface area contributed by atoms with Crippen molar-refractivity contribution in [3.8, 4) is 0 Å². The number of nitrogens with zero attached hydrogens (tertiary/aromatic N) is 1. The molecule has 4 amide bonds. The lowest BCUT2D eigenvalue weighted by Crippen LogP contribution is -2.54. The molecule has 0 radical (unpaired) electrons. The van der Waals surface area contributed by atoms with Crippen molar-refractivity contribution < 1.29 is 19.2 Å². The molecule has 8 nitrogen and oxygen atoms in total. The Bertz CT molecular complexity index is 923. The van der Waals surface area contributed by atoms with E-state index in [0.717, 1.165) is 23.6 Å². The minimum absolute atomic E-state index is 0.121. The summed E-state index contributed by atoms with van der Waals surface area (Å²) >= 11 is 0. The van der Waals surface area contributed by atoms with Crippen molar-refractivity contribution in [3.63, 3.8) is 0 Å². The first-order chi connectivity index (χ1) is 14.0. The SMILES string of the molecule is O=C1CCC(N2C(=O)c3ccc(CNC4CNCC45CCC5)cc3C2=O)C(=O)N1. The number of carbonyl (C=O) groups is 4. The molecular formula is C21H24N4O4. The summed E-state index contributed by atoms with van der Waals surface area (Å²) in [7, 11) is 0. The summed E-state index contributed by atoms with van der Waals surface area (Å²) in [6, 6.07) is 4.78. The molecule has 2 unspecified atom stereocenters. The maximum atomic E-state index is 12.9. The van der Waals surface area contributed by atoms with Gasteiger partial charge in [-0.05, 0) is 42.4 Å². The monoisotopic (exact) mass is 396 g/mol. The van der Waals surface area contributed by atoms with Crippen molar-refractivity contribution in [2.75, 3.05) is 13.1 Å². The molecule has 152 valence electrons. The van der Waals surface area contributed by atoms with E-state index in [-0.39, 0.29) is 18.7 Å². The first kappa shape index (κ1) is 18.4. The quantitative estimate of drug-likeness (QED) is 0.633. The number of fused-ring (bicyclic) bond motifs is 1. The predicted molar refractivity (Wildman–Crippen MR) is 103 cm³/mol. The summed E-state index contributed by atoms with van der Waals surface area (Å²) in [6.45, 7) is 2.63. The Morgan fingerprint density at radius 3 is 2.62 bits per heavy atom. The van der Waals surface area contributed by atoms with E-state index < -0.39 is 23.8 Å². The van der Waals surface area contributed by atoms with E-state index in [4.69, 9.17) is 0 Å². The topological polar surface area (TPSA) is 108 Å². The summed E-state index contributed by atoms with van der Waals surface area (Å²) in [5.41, 5.74) is 1.96. The van der Waals surface area contributed by atoms with Crippen LogP contribution in [0.15, 0.2) is 18.2 Å². The molecule has 1 spiro atoms. The van der Waals surface area contributed by atoms with Crippen LogP contribution in [0.4, 0.5) is 0 Å². The molecule has 2 atom stereocenters. The average Bonchev–Trinajstić information content (AvgIpc) is 3.21. The van der Waals surface area contributed by atoms with Gasteiger partial charge in [0, 0.05) is 32.1 Å². The standard InChI is InChI=1S/C21H24N4O4/c26-17-5-4-15(18(27)24-17)25-19(28)13-3-2-12(8-14(13)20(25)29)9-23-16-10-22-11-21(16)6-1-7-21/h2-3,8,15-16,22-23H,1,4-7,9-11H2,(H,24,26,27). The second-order valence-corrected chi connectivity index (χ2v) is 8.61. The fraction of sp³-hybridized carbons (Fsp3) is 0.524. The average molecular weight is 396 g/mol. The molecule has 3 fully saturated rings. The van der Waals surface area contributed by atoms with Crippen LogP contribution in [-0.2, 0) is 16.1 Å². The van der Waals surface area contributed by atoms with Gasteiger partial charge in [-0.25, -0.2) is 0 Å². The van der Waals surface area contributed by atoms with Gasteiger partial charge in [0.15, 0.2) is 0 Å². The number of benzene rings is 1. The van der Waals surface area contributed by atoms with Gasteiger partial charge >= 0.3 is 0 Å². The summed E-state index contributed by atoms with van der Waals surface area (Å²) in [6.07, 6.45) is 4.06. The Hall–Kier alpha value is -2.58. The van der Waals surface area contributed by atoms with E-state index in [0.29, 0.717) is 29.1 Å². The molecule has 1 aliphatic carbocycles. The Morgan fingerprint density at radius 2 is 1.90 bits per heavy atom.